The number of rotatable bonds is 3. The fraction of sp³-hybridized carbons (Fsp3) is 0.556. The third-order valence-electron chi connectivity index (χ3n) is 5.25. The van der Waals surface area contributed by atoms with Crippen LogP contribution in [0.25, 0.3) is 0 Å². The molecule has 1 aromatic carbocycles. The smallest absolute Gasteiger partial charge is 0.253 e. The Bertz CT molecular complexity index is 794. The maximum Gasteiger partial charge on any atom is 0.253 e. The summed E-state index contributed by atoms with van der Waals surface area (Å²) in [7, 11) is -1.41. The Labute approximate surface area is 152 Å². The van der Waals surface area contributed by atoms with Gasteiger partial charge < -0.3 is 9.80 Å². The normalized spacial score (nSPS) is 25.1. The highest BCUT2D eigenvalue weighted by Gasteiger charge is 2.37. The van der Waals surface area contributed by atoms with Crippen LogP contribution in [0.5, 0.6) is 0 Å². The van der Waals surface area contributed by atoms with E-state index in [2.05, 4.69) is 0 Å². The summed E-state index contributed by atoms with van der Waals surface area (Å²) in [4.78, 5) is 28.5. The number of amides is 2. The van der Waals surface area contributed by atoms with E-state index in [1.165, 1.54) is 24.3 Å². The molecule has 3 rings (SSSR count). The zero-order chi connectivity index (χ0) is 18.9. The van der Waals surface area contributed by atoms with Crippen molar-refractivity contribution in [1.82, 2.24) is 9.80 Å². The summed E-state index contributed by atoms with van der Waals surface area (Å²) >= 11 is 0. The minimum absolute atomic E-state index is 0.0141. The molecule has 2 aliphatic heterocycles. The van der Waals surface area contributed by atoms with Crippen molar-refractivity contribution in [1.29, 1.82) is 0 Å². The molecule has 0 aliphatic carbocycles. The van der Waals surface area contributed by atoms with E-state index in [-0.39, 0.29) is 35.3 Å². The van der Waals surface area contributed by atoms with Crippen LogP contribution in [0.2, 0.25) is 0 Å². The summed E-state index contributed by atoms with van der Waals surface area (Å²) in [5.41, 5.74) is 0.398. The van der Waals surface area contributed by atoms with Gasteiger partial charge in [-0.15, -0.1) is 0 Å². The minimum Gasteiger partial charge on any atom is -0.341 e. The van der Waals surface area contributed by atoms with E-state index in [9.17, 15) is 22.4 Å². The molecule has 2 saturated heterocycles. The average Bonchev–Trinajstić information content (AvgIpc) is 3.00. The second-order valence-corrected chi connectivity index (χ2v) is 9.33. The first-order valence-electron chi connectivity index (χ1n) is 8.79. The van der Waals surface area contributed by atoms with Crippen LogP contribution in [0.1, 0.15) is 29.6 Å². The molecule has 2 fully saturated rings. The number of likely N-dealkylation sites (tertiary alicyclic amines) is 1. The van der Waals surface area contributed by atoms with Gasteiger partial charge in [-0.3, -0.25) is 9.59 Å². The molecule has 2 aliphatic rings. The fourth-order valence-corrected chi connectivity index (χ4v) is 5.46. The maximum atomic E-state index is 13.0. The van der Waals surface area contributed by atoms with Gasteiger partial charge >= 0.3 is 0 Å². The van der Waals surface area contributed by atoms with E-state index in [1.807, 2.05) is 0 Å². The van der Waals surface area contributed by atoms with Gasteiger partial charge in [-0.05, 0) is 43.5 Å². The summed E-state index contributed by atoms with van der Waals surface area (Å²) in [6, 6.07) is 5.09. The third kappa shape index (κ3) is 4.06. The first-order valence-corrected chi connectivity index (χ1v) is 10.6. The molecule has 0 N–H and O–H groups in total. The largest absolute Gasteiger partial charge is 0.341 e. The molecule has 142 valence electrons. The highest BCUT2D eigenvalue weighted by atomic mass is 32.2. The summed E-state index contributed by atoms with van der Waals surface area (Å²) in [6.07, 6.45) is 1.85. The van der Waals surface area contributed by atoms with Gasteiger partial charge in [-0.2, -0.15) is 0 Å². The lowest BCUT2D eigenvalue weighted by Gasteiger charge is -2.35. The van der Waals surface area contributed by atoms with Crippen LogP contribution in [-0.2, 0) is 14.6 Å². The van der Waals surface area contributed by atoms with Gasteiger partial charge in [-0.1, -0.05) is 0 Å². The molecule has 26 heavy (non-hydrogen) atoms. The Morgan fingerprint density at radius 3 is 2.50 bits per heavy atom. The molecular weight excluding hydrogens is 359 g/mol. The van der Waals surface area contributed by atoms with E-state index in [4.69, 9.17) is 0 Å². The van der Waals surface area contributed by atoms with E-state index in [0.717, 1.165) is 0 Å². The van der Waals surface area contributed by atoms with Gasteiger partial charge in [0.2, 0.25) is 5.91 Å². The van der Waals surface area contributed by atoms with Crippen molar-refractivity contribution in [3.05, 3.63) is 35.6 Å². The average molecular weight is 382 g/mol. The molecule has 2 amide bonds. The highest BCUT2D eigenvalue weighted by Crippen LogP contribution is 2.24. The van der Waals surface area contributed by atoms with Gasteiger partial charge in [0, 0.05) is 31.7 Å². The van der Waals surface area contributed by atoms with Crippen LogP contribution in [0.4, 0.5) is 4.39 Å². The second-order valence-electron chi connectivity index (χ2n) is 7.10. The lowest BCUT2D eigenvalue weighted by Crippen LogP contribution is -2.48. The summed E-state index contributed by atoms with van der Waals surface area (Å²) in [5, 5.41) is 0. The predicted molar refractivity (Wildman–Crippen MR) is 94.9 cm³/mol. The maximum absolute atomic E-state index is 13.0. The molecule has 2 atom stereocenters. The van der Waals surface area contributed by atoms with Gasteiger partial charge in [0.05, 0.1) is 17.4 Å². The van der Waals surface area contributed by atoms with Gasteiger partial charge in [0.1, 0.15) is 5.82 Å². The lowest BCUT2D eigenvalue weighted by atomic mass is 9.95. The van der Waals surface area contributed by atoms with Crippen molar-refractivity contribution in [2.24, 2.45) is 5.92 Å². The van der Waals surface area contributed by atoms with Crippen LogP contribution in [0.3, 0.4) is 0 Å². The number of carbonyl (C=O) groups is 2. The van der Waals surface area contributed by atoms with Crippen molar-refractivity contribution in [2.75, 3.05) is 31.6 Å². The van der Waals surface area contributed by atoms with Gasteiger partial charge in [-0.25, -0.2) is 12.8 Å². The number of benzene rings is 1. The number of halogens is 1. The SMILES string of the molecule is CN(C(=O)C1CCCN(C(=O)c2ccc(F)cc2)C1)C1CCS(=O)(=O)C1. The zero-order valence-electron chi connectivity index (χ0n) is 14.7. The van der Waals surface area contributed by atoms with Gasteiger partial charge in [0.25, 0.3) is 5.91 Å². The first kappa shape index (κ1) is 18.8. The lowest BCUT2D eigenvalue weighted by molar-refractivity contribution is -0.137. The number of piperidine rings is 1. The second kappa shape index (κ2) is 7.34. The van der Waals surface area contributed by atoms with Crippen LogP contribution >= 0.6 is 0 Å². The van der Waals surface area contributed by atoms with Crippen molar-refractivity contribution in [3.8, 4) is 0 Å². The first-order chi connectivity index (χ1) is 12.3. The number of carbonyl (C=O) groups excluding carboxylic acids is 2. The van der Waals surface area contributed by atoms with E-state index in [0.29, 0.717) is 37.9 Å². The zero-order valence-corrected chi connectivity index (χ0v) is 15.5. The molecular formula is C18H23FN2O4S. The summed E-state index contributed by atoms with van der Waals surface area (Å²) < 4.78 is 36.3. The monoisotopic (exact) mass is 382 g/mol. The van der Waals surface area contributed by atoms with E-state index >= 15 is 0 Å². The minimum atomic E-state index is -3.06. The summed E-state index contributed by atoms with van der Waals surface area (Å²) in [6.45, 7) is 0.861. The molecule has 0 radical (unpaired) electrons. The number of nitrogens with zero attached hydrogens (tertiary/aromatic N) is 2. The fourth-order valence-electron chi connectivity index (χ4n) is 3.69. The third-order valence-corrected chi connectivity index (χ3v) is 7.00. The highest BCUT2D eigenvalue weighted by molar-refractivity contribution is 7.91. The Morgan fingerprint density at radius 2 is 1.88 bits per heavy atom. The van der Waals surface area contributed by atoms with E-state index < -0.39 is 15.7 Å². The molecule has 0 spiro atoms. The van der Waals surface area contributed by atoms with Crippen LogP contribution < -0.4 is 0 Å². The Hall–Kier alpha value is -1.96. The standard InChI is InChI=1S/C18H23FN2O4S/c1-20(16-8-10-26(24,25)12-16)17(22)14-3-2-9-21(11-14)18(23)13-4-6-15(19)7-5-13/h4-7,14,16H,2-3,8-12H2,1H3. The molecule has 0 saturated carbocycles. The predicted octanol–water partition coefficient (Wildman–Crippen LogP) is 1.32. The molecule has 0 bridgehead atoms. The summed E-state index contributed by atoms with van der Waals surface area (Å²) in [5.74, 6) is -0.921. The van der Waals surface area contributed by atoms with Crippen molar-refractivity contribution in [2.45, 2.75) is 25.3 Å². The van der Waals surface area contributed by atoms with Gasteiger partial charge in [0.15, 0.2) is 9.84 Å². The molecule has 1 aromatic rings. The van der Waals surface area contributed by atoms with E-state index in [1.54, 1.807) is 16.8 Å². The molecule has 6 nitrogen and oxygen atoms in total. The quantitative estimate of drug-likeness (QED) is 0.790. The van der Waals surface area contributed by atoms with Crippen LogP contribution in [0, 0.1) is 11.7 Å². The van der Waals surface area contributed by atoms with Crippen molar-refractivity contribution >= 4 is 21.7 Å². The molecule has 0 aromatic heterocycles. The van der Waals surface area contributed by atoms with Crippen molar-refractivity contribution in [3.63, 3.8) is 0 Å². The Kier molecular flexibility index (Phi) is 5.32. The molecule has 8 heteroatoms. The number of hydrogen-bond acceptors (Lipinski definition) is 4. The topological polar surface area (TPSA) is 74.8 Å². The van der Waals surface area contributed by atoms with Crippen LogP contribution in [-0.4, -0.2) is 67.7 Å². The molecule has 2 heterocycles. The Balaban J connectivity index is 1.65. The number of sulfone groups is 1. The molecule has 2 unspecified atom stereocenters. The Morgan fingerprint density at radius 1 is 1.19 bits per heavy atom. The number of hydrogen-bond donors (Lipinski definition) is 0. The van der Waals surface area contributed by atoms with Crippen molar-refractivity contribution < 1.29 is 22.4 Å². The van der Waals surface area contributed by atoms with Crippen LogP contribution in [0.15, 0.2) is 24.3 Å².